The lowest BCUT2D eigenvalue weighted by molar-refractivity contribution is -0.123. The van der Waals surface area contributed by atoms with Crippen LogP contribution in [0.25, 0.3) is 0 Å². The van der Waals surface area contributed by atoms with Crippen LogP contribution in [0.1, 0.15) is 24.1 Å². The van der Waals surface area contributed by atoms with Gasteiger partial charge >= 0.3 is 0 Å². The minimum Gasteiger partial charge on any atom is -0.497 e. The Hall–Kier alpha value is -2.68. The van der Waals surface area contributed by atoms with Crippen LogP contribution >= 0.6 is 15.9 Å². The number of nitrogens with one attached hydrogen (secondary N) is 2. The van der Waals surface area contributed by atoms with E-state index in [1.165, 1.54) is 12.1 Å². The Balaban J connectivity index is 1.81. The summed E-state index contributed by atoms with van der Waals surface area (Å²) in [5.41, 5.74) is 1.73. The average Bonchev–Trinajstić information content (AvgIpc) is 2.79. The van der Waals surface area contributed by atoms with Gasteiger partial charge in [-0.05, 0) is 60.9 Å². The van der Waals surface area contributed by atoms with E-state index in [1.54, 1.807) is 19.2 Å². The lowest BCUT2D eigenvalue weighted by Gasteiger charge is -2.22. The number of benzene rings is 3. The maximum atomic E-state index is 13.1. The molecule has 32 heavy (non-hydrogen) atoms. The molecule has 0 aliphatic carbocycles. The van der Waals surface area contributed by atoms with Gasteiger partial charge in [0.05, 0.1) is 18.0 Å². The van der Waals surface area contributed by atoms with E-state index in [-0.39, 0.29) is 17.4 Å². The number of carbonyl (C=O) groups excluding carboxylic acids is 1. The van der Waals surface area contributed by atoms with E-state index in [1.807, 2.05) is 61.5 Å². The second-order valence-electron chi connectivity index (χ2n) is 7.32. The second kappa shape index (κ2) is 10.8. The minimum atomic E-state index is -3.90. The number of hydrogen-bond donors (Lipinski definition) is 2. The van der Waals surface area contributed by atoms with Crippen molar-refractivity contribution in [2.24, 2.45) is 0 Å². The molecule has 3 aromatic rings. The summed E-state index contributed by atoms with van der Waals surface area (Å²) in [5.74, 6) is 0.314. The van der Waals surface area contributed by atoms with Crippen molar-refractivity contribution in [2.45, 2.75) is 30.3 Å². The maximum Gasteiger partial charge on any atom is 0.241 e. The monoisotopic (exact) mass is 516 g/mol. The molecule has 0 saturated heterocycles. The smallest absolute Gasteiger partial charge is 0.241 e. The number of sulfonamides is 1. The molecular weight excluding hydrogens is 492 g/mol. The Morgan fingerprint density at radius 1 is 0.969 bits per heavy atom. The van der Waals surface area contributed by atoms with E-state index in [2.05, 4.69) is 26.0 Å². The molecule has 0 bridgehead atoms. The third kappa shape index (κ3) is 6.41. The summed E-state index contributed by atoms with van der Waals surface area (Å²) >= 11 is 3.30. The largest absolute Gasteiger partial charge is 0.497 e. The molecule has 3 rings (SSSR count). The highest BCUT2D eigenvalue weighted by molar-refractivity contribution is 9.10. The first-order valence-corrected chi connectivity index (χ1v) is 12.3. The van der Waals surface area contributed by atoms with Crippen LogP contribution in [0.5, 0.6) is 5.75 Å². The number of amides is 1. The van der Waals surface area contributed by atoms with Crippen LogP contribution < -0.4 is 14.8 Å². The summed E-state index contributed by atoms with van der Waals surface area (Å²) in [6.45, 7) is 1.85. The Morgan fingerprint density at radius 3 is 2.19 bits per heavy atom. The Bertz CT molecular complexity index is 1130. The molecule has 1 amide bonds. The van der Waals surface area contributed by atoms with Gasteiger partial charge in [-0.15, -0.1) is 0 Å². The van der Waals surface area contributed by atoms with Gasteiger partial charge in [0.1, 0.15) is 11.8 Å². The number of rotatable bonds is 9. The molecule has 2 atom stereocenters. The molecule has 0 aromatic heterocycles. The molecule has 0 aliphatic heterocycles. The molecule has 0 unspecified atom stereocenters. The van der Waals surface area contributed by atoms with Gasteiger partial charge in [-0.2, -0.15) is 4.72 Å². The standard InChI is InChI=1S/C24H25BrN2O4S/c1-17(19-8-12-21(31-2)13-9-19)26-24(28)23(16-18-6-4-3-5-7-18)27-32(29,30)22-14-10-20(25)11-15-22/h3-15,17,23,27H,16H2,1-2H3,(H,26,28)/t17-,23+/m0/s1. The SMILES string of the molecule is COc1ccc([C@H](C)NC(=O)[C@@H](Cc2ccccc2)NS(=O)(=O)c2ccc(Br)cc2)cc1. The molecule has 2 N–H and O–H groups in total. The molecule has 0 spiro atoms. The molecule has 0 fully saturated rings. The van der Waals surface area contributed by atoms with Gasteiger partial charge < -0.3 is 10.1 Å². The Labute approximate surface area is 197 Å². The summed E-state index contributed by atoms with van der Waals surface area (Å²) < 4.78 is 34.4. The summed E-state index contributed by atoms with van der Waals surface area (Å²) in [7, 11) is -2.31. The summed E-state index contributed by atoms with van der Waals surface area (Å²) in [4.78, 5) is 13.2. The van der Waals surface area contributed by atoms with Crippen molar-refractivity contribution in [1.29, 1.82) is 0 Å². The van der Waals surface area contributed by atoms with E-state index >= 15 is 0 Å². The number of carbonyl (C=O) groups is 1. The number of methoxy groups -OCH3 is 1. The van der Waals surface area contributed by atoms with Crippen molar-refractivity contribution in [3.05, 3.63) is 94.5 Å². The van der Waals surface area contributed by atoms with Crippen LogP contribution in [-0.4, -0.2) is 27.5 Å². The molecular formula is C24H25BrN2O4S. The van der Waals surface area contributed by atoms with Gasteiger partial charge in [-0.3, -0.25) is 4.79 Å². The van der Waals surface area contributed by atoms with Crippen molar-refractivity contribution in [3.8, 4) is 5.75 Å². The van der Waals surface area contributed by atoms with Crippen molar-refractivity contribution in [1.82, 2.24) is 10.0 Å². The fourth-order valence-electron chi connectivity index (χ4n) is 3.20. The lowest BCUT2D eigenvalue weighted by atomic mass is 10.0. The highest BCUT2D eigenvalue weighted by Crippen LogP contribution is 2.19. The van der Waals surface area contributed by atoms with Crippen LogP contribution in [0, 0.1) is 0 Å². The average molecular weight is 517 g/mol. The third-order valence-electron chi connectivity index (χ3n) is 5.00. The van der Waals surface area contributed by atoms with E-state index in [0.717, 1.165) is 21.3 Å². The van der Waals surface area contributed by atoms with E-state index < -0.39 is 22.0 Å². The summed E-state index contributed by atoms with van der Waals surface area (Å²) in [6, 6.07) is 21.6. The fourth-order valence-corrected chi connectivity index (χ4v) is 4.66. The van der Waals surface area contributed by atoms with Gasteiger partial charge in [0.15, 0.2) is 0 Å². The molecule has 8 heteroatoms. The van der Waals surface area contributed by atoms with E-state index in [4.69, 9.17) is 4.74 Å². The second-order valence-corrected chi connectivity index (χ2v) is 9.95. The van der Waals surface area contributed by atoms with Crippen molar-refractivity contribution >= 4 is 31.9 Å². The number of hydrogen-bond acceptors (Lipinski definition) is 4. The first-order chi connectivity index (χ1) is 15.3. The number of halogens is 1. The van der Waals surface area contributed by atoms with Crippen molar-refractivity contribution in [2.75, 3.05) is 7.11 Å². The zero-order chi connectivity index (χ0) is 23.1. The summed E-state index contributed by atoms with van der Waals surface area (Å²) in [6.07, 6.45) is 0.220. The van der Waals surface area contributed by atoms with Crippen LogP contribution in [0.4, 0.5) is 0 Å². The molecule has 0 heterocycles. The van der Waals surface area contributed by atoms with Crippen LogP contribution in [0.3, 0.4) is 0 Å². The fraction of sp³-hybridized carbons (Fsp3) is 0.208. The molecule has 0 saturated carbocycles. The molecule has 0 radical (unpaired) electrons. The quantitative estimate of drug-likeness (QED) is 0.445. The molecule has 3 aromatic carbocycles. The molecule has 168 valence electrons. The first-order valence-electron chi connectivity index (χ1n) is 10.0. The zero-order valence-electron chi connectivity index (χ0n) is 17.8. The normalized spacial score (nSPS) is 13.2. The predicted molar refractivity (Wildman–Crippen MR) is 128 cm³/mol. The van der Waals surface area contributed by atoms with E-state index in [0.29, 0.717) is 0 Å². The van der Waals surface area contributed by atoms with Gasteiger partial charge in [0.25, 0.3) is 0 Å². The Kier molecular flexibility index (Phi) is 8.06. The van der Waals surface area contributed by atoms with E-state index in [9.17, 15) is 13.2 Å². The van der Waals surface area contributed by atoms with Gasteiger partial charge in [0, 0.05) is 4.47 Å². The van der Waals surface area contributed by atoms with Crippen LogP contribution in [0.2, 0.25) is 0 Å². The first kappa shape index (κ1) is 24.0. The predicted octanol–water partition coefficient (Wildman–Crippen LogP) is 4.22. The maximum absolute atomic E-state index is 13.1. The highest BCUT2D eigenvalue weighted by atomic mass is 79.9. The van der Waals surface area contributed by atoms with Crippen molar-refractivity contribution < 1.29 is 17.9 Å². The van der Waals surface area contributed by atoms with Gasteiger partial charge in [0.2, 0.25) is 15.9 Å². The zero-order valence-corrected chi connectivity index (χ0v) is 20.2. The van der Waals surface area contributed by atoms with Crippen molar-refractivity contribution in [3.63, 3.8) is 0 Å². The van der Waals surface area contributed by atoms with Crippen LogP contribution in [0.15, 0.2) is 88.2 Å². The minimum absolute atomic E-state index is 0.0924. The Morgan fingerprint density at radius 2 is 1.59 bits per heavy atom. The van der Waals surface area contributed by atoms with Gasteiger partial charge in [-0.25, -0.2) is 8.42 Å². The number of ether oxygens (including phenoxy) is 1. The topological polar surface area (TPSA) is 84.5 Å². The van der Waals surface area contributed by atoms with Gasteiger partial charge in [-0.1, -0.05) is 58.4 Å². The highest BCUT2D eigenvalue weighted by Gasteiger charge is 2.27. The van der Waals surface area contributed by atoms with Crippen LogP contribution in [-0.2, 0) is 21.2 Å². The third-order valence-corrected chi connectivity index (χ3v) is 7.01. The summed E-state index contributed by atoms with van der Waals surface area (Å²) in [5, 5.41) is 2.92. The molecule has 0 aliphatic rings. The molecule has 6 nitrogen and oxygen atoms in total. The lowest BCUT2D eigenvalue weighted by Crippen LogP contribution is -2.48.